The Labute approximate surface area is 86.6 Å². The average molecular weight is 178 g/mol. The van der Waals surface area contributed by atoms with E-state index in [9.17, 15) is 0 Å². The van der Waals surface area contributed by atoms with E-state index in [1.54, 1.807) is 0 Å². The summed E-state index contributed by atoms with van der Waals surface area (Å²) in [6.45, 7) is 0. The number of rotatable bonds is 2. The van der Waals surface area contributed by atoms with Gasteiger partial charge in [-0.3, -0.25) is 0 Å². The van der Waals surface area contributed by atoms with Crippen molar-refractivity contribution in [2.24, 2.45) is 0 Å². The quantitative estimate of drug-likeness (QED) is 0.535. The summed E-state index contributed by atoms with van der Waals surface area (Å²) in [4.78, 5) is 0. The maximum atomic E-state index is 2.20. The fourth-order valence-electron chi connectivity index (χ4n) is 1.54. The molecule has 0 spiro atoms. The Balaban J connectivity index is 2.16. The Morgan fingerprint density at radius 2 is 1.29 bits per heavy atom. The molecule has 0 saturated carbocycles. The van der Waals surface area contributed by atoms with Crippen LogP contribution in [0.3, 0.4) is 0 Å². The van der Waals surface area contributed by atoms with Crippen LogP contribution in [0.1, 0.15) is 0 Å². The summed E-state index contributed by atoms with van der Waals surface area (Å²) in [5, 5.41) is 0. The molecule has 0 radical (unpaired) electrons. The number of hydrogen-bond donors (Lipinski definition) is 0. The smallest absolute Gasteiger partial charge is 0.0890 e. The van der Waals surface area contributed by atoms with E-state index in [0.717, 1.165) is 7.28 Å². The van der Waals surface area contributed by atoms with Gasteiger partial charge in [-0.05, 0) is 0 Å². The zero-order valence-corrected chi connectivity index (χ0v) is 8.40. The Bertz CT molecular complexity index is 392. The van der Waals surface area contributed by atoms with E-state index in [2.05, 4.69) is 62.4 Å². The minimum atomic E-state index is 1.03. The molecule has 2 aromatic carbocycles. The molecule has 0 aliphatic heterocycles. The van der Waals surface area contributed by atoms with Crippen LogP contribution >= 0.6 is 0 Å². The van der Waals surface area contributed by atoms with Crippen LogP contribution in [0.4, 0.5) is 0 Å². The van der Waals surface area contributed by atoms with Crippen molar-refractivity contribution in [1.29, 1.82) is 0 Å². The lowest BCUT2D eigenvalue weighted by Crippen LogP contribution is -2.27. The van der Waals surface area contributed by atoms with Gasteiger partial charge in [0.1, 0.15) is 7.85 Å². The predicted octanol–water partition coefficient (Wildman–Crippen LogP) is -0.668. The summed E-state index contributed by atoms with van der Waals surface area (Å²) >= 11 is 0. The summed E-state index contributed by atoms with van der Waals surface area (Å²) in [5.74, 6) is 0. The number of benzene rings is 2. The highest BCUT2D eigenvalue weighted by Crippen LogP contribution is 1.83. The molecule has 0 fully saturated rings. The molecule has 0 aliphatic carbocycles. The van der Waals surface area contributed by atoms with Crippen LogP contribution in [0, 0.1) is 0 Å². The van der Waals surface area contributed by atoms with E-state index in [1.807, 2.05) is 0 Å². The van der Waals surface area contributed by atoms with Crippen molar-refractivity contribution in [1.82, 2.24) is 0 Å². The zero-order valence-electron chi connectivity index (χ0n) is 8.40. The molecule has 66 valence electrons. The first kappa shape index (κ1) is 9.14. The van der Waals surface area contributed by atoms with Gasteiger partial charge in [-0.1, -0.05) is 71.0 Å². The Morgan fingerprint density at radius 3 is 1.93 bits per heavy atom. The fraction of sp³-hybridized carbons (Fsp3) is 0. The first-order valence-electron chi connectivity index (χ1n) is 4.94. The van der Waals surface area contributed by atoms with E-state index >= 15 is 0 Å². The average Bonchev–Trinajstić information content (AvgIpc) is 2.23. The topological polar surface area (TPSA) is 0 Å². The Morgan fingerprint density at radius 1 is 0.714 bits per heavy atom. The minimum absolute atomic E-state index is 1.03. The van der Waals surface area contributed by atoms with Crippen LogP contribution in [0.25, 0.3) is 0 Å². The van der Waals surface area contributed by atoms with Crippen molar-refractivity contribution >= 4 is 31.5 Å². The van der Waals surface area contributed by atoms with E-state index < -0.39 is 0 Å². The van der Waals surface area contributed by atoms with E-state index in [4.69, 9.17) is 0 Å². The minimum Gasteiger partial charge on any atom is -0.0890 e. The van der Waals surface area contributed by atoms with Crippen molar-refractivity contribution in [3.8, 4) is 0 Å². The second-order valence-electron chi connectivity index (χ2n) is 3.65. The van der Waals surface area contributed by atoms with Crippen LogP contribution in [0.15, 0.2) is 54.6 Å². The van der Waals surface area contributed by atoms with Gasteiger partial charge in [0.15, 0.2) is 7.28 Å². The summed E-state index contributed by atoms with van der Waals surface area (Å²) in [7, 11) is 3.15. The van der Waals surface area contributed by atoms with E-state index in [0.29, 0.717) is 0 Å². The maximum Gasteiger partial charge on any atom is 0.192 e. The van der Waals surface area contributed by atoms with Gasteiger partial charge < -0.3 is 0 Å². The largest absolute Gasteiger partial charge is 0.192 e. The summed E-state index contributed by atoms with van der Waals surface area (Å²) in [5.41, 5.74) is 4.07. The third-order valence-corrected chi connectivity index (χ3v) is 2.37. The summed E-state index contributed by atoms with van der Waals surface area (Å²) in [6, 6.07) is 19.3. The molecule has 0 aromatic heterocycles. The van der Waals surface area contributed by atoms with E-state index in [1.165, 1.54) is 16.4 Å². The summed E-state index contributed by atoms with van der Waals surface area (Å²) < 4.78 is 0. The normalized spacial score (nSPS) is 9.71. The first-order valence-corrected chi connectivity index (χ1v) is 4.94. The highest BCUT2D eigenvalue weighted by Gasteiger charge is 1.96. The highest BCUT2D eigenvalue weighted by molar-refractivity contribution is 6.67. The molecule has 2 aromatic rings. The standard InChI is InChI=1S/C12H12B2/c13-10-6-8-12(9-7-10)14-11-4-2-1-3-5-11/h1-9,14H,13H2. The van der Waals surface area contributed by atoms with Crippen LogP contribution in [0.2, 0.25) is 0 Å². The maximum absolute atomic E-state index is 2.20. The second kappa shape index (κ2) is 4.19. The highest BCUT2D eigenvalue weighted by atomic mass is 13.8. The number of hydrogen-bond acceptors (Lipinski definition) is 0. The molecular formula is C12H12B2. The van der Waals surface area contributed by atoms with Gasteiger partial charge in [0.25, 0.3) is 0 Å². The third kappa shape index (κ3) is 2.29. The second-order valence-corrected chi connectivity index (χ2v) is 3.65. The zero-order chi connectivity index (χ0) is 9.80. The van der Waals surface area contributed by atoms with Gasteiger partial charge in [0.05, 0.1) is 0 Å². The van der Waals surface area contributed by atoms with Gasteiger partial charge in [0, 0.05) is 0 Å². The van der Waals surface area contributed by atoms with Crippen LogP contribution in [-0.4, -0.2) is 15.1 Å². The monoisotopic (exact) mass is 178 g/mol. The lowest BCUT2D eigenvalue weighted by molar-refractivity contribution is 1.76. The van der Waals surface area contributed by atoms with Gasteiger partial charge in [-0.15, -0.1) is 0 Å². The van der Waals surface area contributed by atoms with Crippen LogP contribution in [0.5, 0.6) is 0 Å². The SMILES string of the molecule is Bc1ccc(Bc2ccccc2)cc1. The molecule has 2 rings (SSSR count). The van der Waals surface area contributed by atoms with Gasteiger partial charge in [-0.25, -0.2) is 0 Å². The Kier molecular flexibility index (Phi) is 2.73. The molecule has 0 N–H and O–H groups in total. The van der Waals surface area contributed by atoms with Gasteiger partial charge in [-0.2, -0.15) is 0 Å². The molecule has 0 unspecified atom stereocenters. The van der Waals surface area contributed by atoms with Crippen molar-refractivity contribution in [3.05, 3.63) is 54.6 Å². The summed E-state index contributed by atoms with van der Waals surface area (Å²) in [6.07, 6.45) is 0. The first-order chi connectivity index (χ1) is 6.84. The predicted molar refractivity (Wildman–Crippen MR) is 67.5 cm³/mol. The molecule has 0 aliphatic rings. The Hall–Kier alpha value is -1.43. The van der Waals surface area contributed by atoms with Crippen molar-refractivity contribution in [3.63, 3.8) is 0 Å². The molecule has 0 nitrogen and oxygen atoms in total. The van der Waals surface area contributed by atoms with Gasteiger partial charge in [0.2, 0.25) is 0 Å². The third-order valence-electron chi connectivity index (χ3n) is 2.37. The van der Waals surface area contributed by atoms with Crippen LogP contribution < -0.4 is 16.4 Å². The van der Waals surface area contributed by atoms with Crippen molar-refractivity contribution in [2.45, 2.75) is 0 Å². The molecule has 2 heteroatoms. The molecule has 0 saturated heterocycles. The van der Waals surface area contributed by atoms with Gasteiger partial charge >= 0.3 is 0 Å². The molecule has 0 heterocycles. The van der Waals surface area contributed by atoms with Crippen LogP contribution in [-0.2, 0) is 0 Å². The molecule has 0 amide bonds. The molecule has 0 atom stereocenters. The molecule has 14 heavy (non-hydrogen) atoms. The fourth-order valence-corrected chi connectivity index (χ4v) is 1.54. The van der Waals surface area contributed by atoms with Crippen molar-refractivity contribution in [2.75, 3.05) is 0 Å². The lowest BCUT2D eigenvalue weighted by atomic mass is 9.64. The van der Waals surface area contributed by atoms with E-state index in [-0.39, 0.29) is 0 Å². The molecule has 0 bridgehead atoms. The van der Waals surface area contributed by atoms with Crippen molar-refractivity contribution < 1.29 is 0 Å². The molecular weight excluding hydrogens is 166 g/mol. The lowest BCUT2D eigenvalue weighted by Gasteiger charge is -2.00.